The molecule has 0 saturated carbocycles. The van der Waals surface area contributed by atoms with Gasteiger partial charge in [0.2, 0.25) is 0 Å². The van der Waals surface area contributed by atoms with Gasteiger partial charge in [0.05, 0.1) is 0 Å². The maximum atomic E-state index is 11.2. The van der Waals surface area contributed by atoms with E-state index in [9.17, 15) is 4.79 Å². The minimum atomic E-state index is -0.142. The van der Waals surface area contributed by atoms with Crippen LogP contribution in [0.15, 0.2) is 42.5 Å². The summed E-state index contributed by atoms with van der Waals surface area (Å²) in [5.41, 5.74) is 1.02. The molecule has 0 saturated heterocycles. The molecule has 0 unspecified atom stereocenters. The molecule has 0 radical (unpaired) electrons. The lowest BCUT2D eigenvalue weighted by Crippen LogP contribution is -2.03. The fourth-order valence-electron chi connectivity index (χ4n) is 1.18. The Morgan fingerprint density at radius 3 is 2.73 bits per heavy atom. The summed E-state index contributed by atoms with van der Waals surface area (Å²) in [6, 6.07) is 9.70. The largest absolute Gasteiger partial charge is 0.461 e. The number of carbonyl (C=O) groups is 1. The van der Waals surface area contributed by atoms with Crippen molar-refractivity contribution in [3.8, 4) is 0 Å². The Balaban J connectivity index is 2.23. The summed E-state index contributed by atoms with van der Waals surface area (Å²) in [5, 5.41) is 0. The molecule has 1 aromatic carbocycles. The normalized spacial score (nSPS) is 10.5. The van der Waals surface area contributed by atoms with Crippen LogP contribution in [0.1, 0.15) is 25.3 Å². The number of ether oxygens (including phenoxy) is 1. The zero-order valence-electron chi connectivity index (χ0n) is 8.98. The first-order chi connectivity index (χ1) is 7.33. The molecule has 0 N–H and O–H groups in total. The van der Waals surface area contributed by atoms with E-state index < -0.39 is 0 Å². The summed E-state index contributed by atoms with van der Waals surface area (Å²) in [4.78, 5) is 11.2. The molecule has 0 aliphatic heterocycles. The van der Waals surface area contributed by atoms with Gasteiger partial charge in [-0.15, -0.1) is 0 Å². The summed E-state index contributed by atoms with van der Waals surface area (Å²) in [7, 11) is 0. The van der Waals surface area contributed by atoms with E-state index in [1.54, 1.807) is 0 Å². The van der Waals surface area contributed by atoms with Crippen LogP contribution in [-0.4, -0.2) is 5.97 Å². The summed E-state index contributed by atoms with van der Waals surface area (Å²) in [6.45, 7) is 2.31. The van der Waals surface area contributed by atoms with Gasteiger partial charge in [0.15, 0.2) is 0 Å². The van der Waals surface area contributed by atoms with Gasteiger partial charge in [-0.1, -0.05) is 42.5 Å². The van der Waals surface area contributed by atoms with E-state index in [1.807, 2.05) is 49.4 Å². The van der Waals surface area contributed by atoms with Crippen LogP contribution in [0, 0.1) is 0 Å². The highest BCUT2D eigenvalue weighted by Crippen LogP contribution is 2.02. The highest BCUT2D eigenvalue weighted by Gasteiger charge is 2.00. The first-order valence-corrected chi connectivity index (χ1v) is 5.13. The van der Waals surface area contributed by atoms with Crippen LogP contribution in [-0.2, 0) is 16.1 Å². The fourth-order valence-corrected chi connectivity index (χ4v) is 1.18. The second kappa shape index (κ2) is 6.82. The van der Waals surface area contributed by atoms with Crippen molar-refractivity contribution >= 4 is 5.97 Å². The molecule has 0 atom stereocenters. The zero-order chi connectivity index (χ0) is 10.9. The number of hydrogen-bond acceptors (Lipinski definition) is 2. The van der Waals surface area contributed by atoms with Crippen LogP contribution in [0.25, 0.3) is 0 Å². The molecule has 1 aromatic rings. The summed E-state index contributed by atoms with van der Waals surface area (Å²) < 4.78 is 5.10. The Hall–Kier alpha value is -1.57. The van der Waals surface area contributed by atoms with E-state index in [2.05, 4.69) is 0 Å². The maximum Gasteiger partial charge on any atom is 0.306 e. The van der Waals surface area contributed by atoms with Gasteiger partial charge in [-0.25, -0.2) is 0 Å². The SMILES string of the molecule is C/C=C/CCC(=O)OCc1ccccc1. The Labute approximate surface area is 90.6 Å². The number of esters is 1. The first-order valence-electron chi connectivity index (χ1n) is 5.13. The van der Waals surface area contributed by atoms with E-state index in [-0.39, 0.29) is 5.97 Å². The molecule has 0 aromatic heterocycles. The minimum Gasteiger partial charge on any atom is -0.461 e. The molecule has 0 bridgehead atoms. The van der Waals surface area contributed by atoms with Crippen molar-refractivity contribution in [3.63, 3.8) is 0 Å². The summed E-state index contributed by atoms with van der Waals surface area (Å²) in [5.74, 6) is -0.142. The predicted molar refractivity (Wildman–Crippen MR) is 60.3 cm³/mol. The number of allylic oxidation sites excluding steroid dienone is 2. The lowest BCUT2D eigenvalue weighted by Gasteiger charge is -2.03. The van der Waals surface area contributed by atoms with Gasteiger partial charge in [-0.3, -0.25) is 4.79 Å². The lowest BCUT2D eigenvalue weighted by molar-refractivity contribution is -0.144. The second-order valence-electron chi connectivity index (χ2n) is 3.25. The van der Waals surface area contributed by atoms with Crippen LogP contribution in [0.4, 0.5) is 0 Å². The van der Waals surface area contributed by atoms with Crippen molar-refractivity contribution in [2.45, 2.75) is 26.4 Å². The molecule has 1 rings (SSSR count). The molecule has 0 fully saturated rings. The average Bonchev–Trinajstić information content (AvgIpc) is 2.28. The Bertz CT molecular complexity index is 315. The molecule has 2 nitrogen and oxygen atoms in total. The van der Waals surface area contributed by atoms with Gasteiger partial charge in [0, 0.05) is 6.42 Å². The molecule has 0 aliphatic rings. The number of carbonyl (C=O) groups excluding carboxylic acids is 1. The van der Waals surface area contributed by atoms with Gasteiger partial charge >= 0.3 is 5.97 Å². The van der Waals surface area contributed by atoms with E-state index in [1.165, 1.54) is 0 Å². The summed E-state index contributed by atoms with van der Waals surface area (Å²) in [6.07, 6.45) is 5.11. The second-order valence-corrected chi connectivity index (χ2v) is 3.25. The Morgan fingerprint density at radius 2 is 2.07 bits per heavy atom. The third kappa shape index (κ3) is 5.01. The van der Waals surface area contributed by atoms with Gasteiger partial charge in [0.1, 0.15) is 6.61 Å². The number of rotatable bonds is 5. The molecule has 0 aliphatic carbocycles. The van der Waals surface area contributed by atoms with Crippen molar-refractivity contribution in [1.29, 1.82) is 0 Å². The van der Waals surface area contributed by atoms with Crippen LogP contribution >= 0.6 is 0 Å². The highest BCUT2D eigenvalue weighted by molar-refractivity contribution is 5.69. The fraction of sp³-hybridized carbons (Fsp3) is 0.308. The molecule has 0 spiro atoms. The molecular formula is C13H16O2. The van der Waals surface area contributed by atoms with Crippen LogP contribution in [0.2, 0.25) is 0 Å². The highest BCUT2D eigenvalue weighted by atomic mass is 16.5. The molecule has 15 heavy (non-hydrogen) atoms. The monoisotopic (exact) mass is 204 g/mol. The van der Waals surface area contributed by atoms with Gasteiger partial charge < -0.3 is 4.74 Å². The van der Waals surface area contributed by atoms with Crippen molar-refractivity contribution in [1.82, 2.24) is 0 Å². The average molecular weight is 204 g/mol. The minimum absolute atomic E-state index is 0.142. The topological polar surface area (TPSA) is 26.3 Å². The molecule has 2 heteroatoms. The van der Waals surface area contributed by atoms with Crippen LogP contribution < -0.4 is 0 Å². The number of benzene rings is 1. The van der Waals surface area contributed by atoms with Crippen LogP contribution in [0.5, 0.6) is 0 Å². The smallest absolute Gasteiger partial charge is 0.306 e. The molecule has 80 valence electrons. The van der Waals surface area contributed by atoms with Gasteiger partial charge in [0.25, 0.3) is 0 Å². The molecule has 0 amide bonds. The van der Waals surface area contributed by atoms with E-state index in [0.29, 0.717) is 13.0 Å². The third-order valence-corrected chi connectivity index (χ3v) is 1.99. The number of hydrogen-bond donors (Lipinski definition) is 0. The Kier molecular flexibility index (Phi) is 5.23. The van der Waals surface area contributed by atoms with Crippen LogP contribution in [0.3, 0.4) is 0 Å². The van der Waals surface area contributed by atoms with E-state index >= 15 is 0 Å². The maximum absolute atomic E-state index is 11.2. The standard InChI is InChI=1S/C13H16O2/c1-2-3-5-10-13(14)15-11-12-8-6-4-7-9-12/h2-4,6-9H,5,10-11H2,1H3/b3-2+. The third-order valence-electron chi connectivity index (χ3n) is 1.99. The van der Waals surface area contributed by atoms with E-state index in [0.717, 1.165) is 12.0 Å². The van der Waals surface area contributed by atoms with Gasteiger partial charge in [-0.05, 0) is 18.9 Å². The van der Waals surface area contributed by atoms with Crippen molar-refractivity contribution in [3.05, 3.63) is 48.0 Å². The molecule has 0 heterocycles. The van der Waals surface area contributed by atoms with Crippen molar-refractivity contribution < 1.29 is 9.53 Å². The summed E-state index contributed by atoms with van der Waals surface area (Å²) >= 11 is 0. The quantitative estimate of drug-likeness (QED) is 0.544. The molecular weight excluding hydrogens is 188 g/mol. The first kappa shape index (κ1) is 11.5. The lowest BCUT2D eigenvalue weighted by atomic mass is 10.2. The van der Waals surface area contributed by atoms with E-state index in [4.69, 9.17) is 4.74 Å². The Morgan fingerprint density at radius 1 is 1.33 bits per heavy atom. The van der Waals surface area contributed by atoms with Gasteiger partial charge in [-0.2, -0.15) is 0 Å². The predicted octanol–water partition coefficient (Wildman–Crippen LogP) is 3.09. The zero-order valence-corrected chi connectivity index (χ0v) is 8.98. The van der Waals surface area contributed by atoms with Crippen molar-refractivity contribution in [2.24, 2.45) is 0 Å². The van der Waals surface area contributed by atoms with Crippen molar-refractivity contribution in [2.75, 3.05) is 0 Å².